The van der Waals surface area contributed by atoms with Gasteiger partial charge in [-0.1, -0.05) is 0 Å². The van der Waals surface area contributed by atoms with Crippen LogP contribution in [0.4, 0.5) is 10.5 Å². The maximum absolute atomic E-state index is 11.0. The molecule has 2 heterocycles. The maximum atomic E-state index is 11.0. The molecule has 0 saturated carbocycles. The van der Waals surface area contributed by atoms with E-state index in [9.17, 15) is 4.79 Å². The number of nitrogens with zero attached hydrogens (tertiary/aromatic N) is 1. The first-order chi connectivity index (χ1) is 7.22. The van der Waals surface area contributed by atoms with Gasteiger partial charge in [0.1, 0.15) is 12.4 Å². The van der Waals surface area contributed by atoms with Crippen molar-refractivity contribution in [3.8, 4) is 0 Å². The first-order valence-electron chi connectivity index (χ1n) is 4.65. The van der Waals surface area contributed by atoms with Crippen LogP contribution in [0.1, 0.15) is 11.4 Å². The van der Waals surface area contributed by atoms with Crippen LogP contribution >= 0.6 is 12.4 Å². The molecule has 0 unspecified atom stereocenters. The highest BCUT2D eigenvalue weighted by Gasteiger charge is 2.16. The third-order valence-corrected chi connectivity index (χ3v) is 2.42. The summed E-state index contributed by atoms with van der Waals surface area (Å²) in [5.41, 5.74) is 3.57. The van der Waals surface area contributed by atoms with Gasteiger partial charge in [-0.05, 0) is 19.1 Å². The maximum Gasteiger partial charge on any atom is 0.411 e. The molecule has 0 atom stereocenters. The number of nitrogens with one attached hydrogen (secondary N) is 2. The van der Waals surface area contributed by atoms with Crippen LogP contribution in [0, 0.1) is 6.92 Å². The SMILES string of the molecule is Cc1nc2cc3c(cc2[nH]1)COC(=O)N3.Cl. The number of aryl methyl sites for hydroxylation is 1. The van der Waals surface area contributed by atoms with Crippen LogP contribution in [0.2, 0.25) is 0 Å². The van der Waals surface area contributed by atoms with Gasteiger partial charge in [0.05, 0.1) is 16.7 Å². The quantitative estimate of drug-likeness (QED) is 0.742. The molecule has 16 heavy (non-hydrogen) atoms. The molecular weight excluding hydrogens is 230 g/mol. The first-order valence-corrected chi connectivity index (χ1v) is 4.65. The van der Waals surface area contributed by atoms with Crippen molar-refractivity contribution in [2.24, 2.45) is 0 Å². The molecule has 5 nitrogen and oxygen atoms in total. The Bertz CT molecular complexity index is 564. The average Bonchev–Trinajstić information content (AvgIpc) is 2.53. The van der Waals surface area contributed by atoms with Crippen LogP contribution in [0.15, 0.2) is 12.1 Å². The minimum Gasteiger partial charge on any atom is -0.444 e. The topological polar surface area (TPSA) is 67.0 Å². The number of halogens is 1. The van der Waals surface area contributed by atoms with E-state index in [4.69, 9.17) is 4.74 Å². The van der Waals surface area contributed by atoms with E-state index < -0.39 is 6.09 Å². The van der Waals surface area contributed by atoms with E-state index in [0.717, 1.165) is 28.1 Å². The van der Waals surface area contributed by atoms with E-state index in [1.807, 2.05) is 19.1 Å². The number of benzene rings is 1. The lowest BCUT2D eigenvalue weighted by atomic mass is 10.1. The fraction of sp³-hybridized carbons (Fsp3) is 0.200. The highest BCUT2D eigenvalue weighted by molar-refractivity contribution is 5.92. The Balaban J connectivity index is 0.000000963. The van der Waals surface area contributed by atoms with Gasteiger partial charge in [0, 0.05) is 5.56 Å². The third-order valence-electron chi connectivity index (χ3n) is 2.42. The summed E-state index contributed by atoms with van der Waals surface area (Å²) in [6.45, 7) is 2.21. The largest absolute Gasteiger partial charge is 0.444 e. The molecule has 1 aliphatic heterocycles. The van der Waals surface area contributed by atoms with Crippen LogP contribution in [0.3, 0.4) is 0 Å². The molecule has 1 aromatic carbocycles. The van der Waals surface area contributed by atoms with Gasteiger partial charge in [-0.3, -0.25) is 5.32 Å². The summed E-state index contributed by atoms with van der Waals surface area (Å²) in [4.78, 5) is 18.4. The van der Waals surface area contributed by atoms with Crippen LogP contribution in [0.5, 0.6) is 0 Å². The molecule has 1 aromatic heterocycles. The highest BCUT2D eigenvalue weighted by Crippen LogP contribution is 2.26. The Labute approximate surface area is 97.6 Å². The molecule has 0 spiro atoms. The molecule has 1 aliphatic rings. The monoisotopic (exact) mass is 239 g/mol. The Hall–Kier alpha value is -1.75. The fourth-order valence-electron chi connectivity index (χ4n) is 1.75. The number of fused-ring (bicyclic) bond motifs is 2. The zero-order valence-corrected chi connectivity index (χ0v) is 9.35. The minimum atomic E-state index is -0.408. The number of cyclic esters (lactones) is 1. The molecule has 0 aliphatic carbocycles. The van der Waals surface area contributed by atoms with E-state index in [1.165, 1.54) is 0 Å². The van der Waals surface area contributed by atoms with E-state index >= 15 is 0 Å². The van der Waals surface area contributed by atoms with Crippen molar-refractivity contribution in [3.05, 3.63) is 23.5 Å². The van der Waals surface area contributed by atoms with Crippen molar-refractivity contribution in [1.82, 2.24) is 9.97 Å². The normalized spacial score (nSPS) is 13.7. The van der Waals surface area contributed by atoms with Crippen LogP contribution in [0.25, 0.3) is 11.0 Å². The van der Waals surface area contributed by atoms with E-state index in [1.54, 1.807) is 0 Å². The van der Waals surface area contributed by atoms with Crippen LogP contribution in [-0.4, -0.2) is 16.1 Å². The summed E-state index contributed by atoms with van der Waals surface area (Å²) in [6, 6.07) is 3.80. The van der Waals surface area contributed by atoms with Gasteiger partial charge in [-0.2, -0.15) is 0 Å². The van der Waals surface area contributed by atoms with E-state index in [-0.39, 0.29) is 12.4 Å². The predicted octanol–water partition coefficient (Wildman–Crippen LogP) is 2.36. The van der Waals surface area contributed by atoms with Gasteiger partial charge in [-0.25, -0.2) is 9.78 Å². The Morgan fingerprint density at radius 3 is 3.06 bits per heavy atom. The van der Waals surface area contributed by atoms with Gasteiger partial charge >= 0.3 is 6.09 Å². The van der Waals surface area contributed by atoms with Gasteiger partial charge < -0.3 is 9.72 Å². The lowest BCUT2D eigenvalue weighted by Crippen LogP contribution is -2.20. The number of amides is 1. The molecular formula is C10H10ClN3O2. The summed E-state index contributed by atoms with van der Waals surface area (Å²) < 4.78 is 4.88. The molecule has 84 valence electrons. The molecule has 0 bridgehead atoms. The molecule has 2 N–H and O–H groups in total. The molecule has 3 rings (SSSR count). The van der Waals surface area contributed by atoms with E-state index in [0.29, 0.717) is 6.61 Å². The number of rotatable bonds is 0. The van der Waals surface area contributed by atoms with Gasteiger partial charge in [0.25, 0.3) is 0 Å². The molecule has 2 aromatic rings. The lowest BCUT2D eigenvalue weighted by molar-refractivity contribution is 0.151. The number of anilines is 1. The summed E-state index contributed by atoms with van der Waals surface area (Å²) >= 11 is 0. The molecule has 1 amide bonds. The average molecular weight is 240 g/mol. The number of aromatic amines is 1. The lowest BCUT2D eigenvalue weighted by Gasteiger charge is -2.16. The second-order valence-corrected chi connectivity index (χ2v) is 3.55. The van der Waals surface area contributed by atoms with Gasteiger partial charge in [0.2, 0.25) is 0 Å². The van der Waals surface area contributed by atoms with Crippen LogP contribution < -0.4 is 5.32 Å². The smallest absolute Gasteiger partial charge is 0.411 e. The van der Waals surface area contributed by atoms with Crippen LogP contribution in [-0.2, 0) is 11.3 Å². The number of carbonyl (C=O) groups excluding carboxylic acids is 1. The molecule has 0 fully saturated rings. The second kappa shape index (κ2) is 3.68. The number of imidazole rings is 1. The van der Waals surface area contributed by atoms with Crippen molar-refractivity contribution >= 4 is 35.2 Å². The second-order valence-electron chi connectivity index (χ2n) is 3.55. The molecule has 0 radical (unpaired) electrons. The highest BCUT2D eigenvalue weighted by atomic mass is 35.5. The van der Waals surface area contributed by atoms with Crippen molar-refractivity contribution in [3.63, 3.8) is 0 Å². The van der Waals surface area contributed by atoms with Gasteiger partial charge in [0.15, 0.2) is 0 Å². The standard InChI is InChI=1S/C10H9N3O2.ClH/c1-5-11-8-2-6-4-15-10(14)13-7(6)3-9(8)12-5;/h2-3H,4H2,1H3,(H,11,12)(H,13,14);1H. The van der Waals surface area contributed by atoms with Crippen molar-refractivity contribution in [2.45, 2.75) is 13.5 Å². The predicted molar refractivity (Wildman–Crippen MR) is 61.9 cm³/mol. The third kappa shape index (κ3) is 1.59. The zero-order valence-electron chi connectivity index (χ0n) is 8.53. The van der Waals surface area contributed by atoms with Gasteiger partial charge in [-0.15, -0.1) is 12.4 Å². The Morgan fingerprint density at radius 2 is 2.25 bits per heavy atom. The number of hydrogen-bond donors (Lipinski definition) is 2. The summed E-state index contributed by atoms with van der Waals surface area (Å²) in [7, 11) is 0. The van der Waals surface area contributed by atoms with Crippen molar-refractivity contribution in [1.29, 1.82) is 0 Å². The molecule has 6 heteroatoms. The minimum absolute atomic E-state index is 0. The van der Waals surface area contributed by atoms with Crippen molar-refractivity contribution < 1.29 is 9.53 Å². The fourth-order valence-corrected chi connectivity index (χ4v) is 1.75. The molecule has 0 saturated heterocycles. The number of H-pyrrole nitrogens is 1. The number of ether oxygens (including phenoxy) is 1. The summed E-state index contributed by atoms with van der Waals surface area (Å²) in [5.74, 6) is 0.861. The number of aromatic nitrogens is 2. The first kappa shape index (κ1) is 10.8. The Kier molecular flexibility index (Phi) is 2.47. The van der Waals surface area contributed by atoms with E-state index in [2.05, 4.69) is 15.3 Å². The number of hydrogen-bond acceptors (Lipinski definition) is 3. The zero-order chi connectivity index (χ0) is 10.4. The summed E-state index contributed by atoms with van der Waals surface area (Å²) in [5, 5.41) is 2.65. The number of carbonyl (C=O) groups is 1. The Morgan fingerprint density at radius 1 is 1.44 bits per heavy atom. The van der Waals surface area contributed by atoms with Crippen molar-refractivity contribution in [2.75, 3.05) is 5.32 Å². The summed E-state index contributed by atoms with van der Waals surface area (Å²) in [6.07, 6.45) is -0.408.